The number of Topliss-reactive ketones (excluding diaryl/α,β-unsaturated/α-hetero) is 1. The topological polar surface area (TPSA) is 26.3 Å². The number of ketones is 1. The van der Waals surface area contributed by atoms with E-state index < -0.39 is 5.82 Å². The Morgan fingerprint density at radius 1 is 1.20 bits per heavy atom. The number of carbonyl (C=O) groups excluding carboxylic acids is 1. The maximum Gasteiger partial charge on any atom is 0.171 e. The zero-order chi connectivity index (χ0) is 14.7. The lowest BCUT2D eigenvalue weighted by atomic mass is 10.0. The van der Waals surface area contributed by atoms with Crippen molar-refractivity contribution >= 4 is 29.0 Å². The normalized spacial score (nSPS) is 10.4. The van der Waals surface area contributed by atoms with Crippen molar-refractivity contribution < 1.29 is 13.9 Å². The van der Waals surface area contributed by atoms with Crippen molar-refractivity contribution in [3.63, 3.8) is 0 Å². The number of benzene rings is 2. The molecule has 104 valence electrons. The molecule has 0 aromatic heterocycles. The third-order valence-electron chi connectivity index (χ3n) is 2.83. The van der Waals surface area contributed by atoms with Crippen LogP contribution in [0, 0.1) is 5.82 Å². The molecule has 0 aliphatic heterocycles. The average Bonchev–Trinajstić information content (AvgIpc) is 2.41. The number of hydrogen-bond donors (Lipinski definition) is 0. The summed E-state index contributed by atoms with van der Waals surface area (Å²) in [7, 11) is 1.48. The minimum atomic E-state index is -0.438. The molecule has 0 aliphatic carbocycles. The van der Waals surface area contributed by atoms with Crippen LogP contribution in [0.2, 0.25) is 10.0 Å². The summed E-state index contributed by atoms with van der Waals surface area (Å²) >= 11 is 11.8. The first-order chi connectivity index (χ1) is 9.51. The number of methoxy groups -OCH3 is 1. The van der Waals surface area contributed by atoms with Crippen LogP contribution in [-0.2, 0) is 6.42 Å². The van der Waals surface area contributed by atoms with Gasteiger partial charge in [0.2, 0.25) is 0 Å². The summed E-state index contributed by atoms with van der Waals surface area (Å²) < 4.78 is 18.1. The number of ether oxygens (including phenoxy) is 1. The average molecular weight is 313 g/mol. The van der Waals surface area contributed by atoms with Gasteiger partial charge in [-0.2, -0.15) is 0 Å². The van der Waals surface area contributed by atoms with Crippen LogP contribution in [0.5, 0.6) is 5.75 Å². The lowest BCUT2D eigenvalue weighted by Gasteiger charge is -2.09. The molecule has 0 bridgehead atoms. The molecule has 2 rings (SSSR count). The van der Waals surface area contributed by atoms with E-state index in [1.54, 1.807) is 18.2 Å². The van der Waals surface area contributed by atoms with Crippen LogP contribution in [0.25, 0.3) is 0 Å². The maximum atomic E-state index is 13.0. The smallest absolute Gasteiger partial charge is 0.171 e. The molecular weight excluding hydrogens is 302 g/mol. The molecule has 0 aliphatic rings. The summed E-state index contributed by atoms with van der Waals surface area (Å²) in [4.78, 5) is 12.3. The van der Waals surface area contributed by atoms with Crippen molar-refractivity contribution in [1.82, 2.24) is 0 Å². The van der Waals surface area contributed by atoms with E-state index in [0.717, 1.165) is 0 Å². The molecular formula is C15H11Cl2FO2. The van der Waals surface area contributed by atoms with Gasteiger partial charge < -0.3 is 4.74 Å². The van der Waals surface area contributed by atoms with Gasteiger partial charge in [0.25, 0.3) is 0 Å². The first-order valence-electron chi connectivity index (χ1n) is 5.82. The molecule has 0 saturated carbocycles. The first-order valence-corrected chi connectivity index (χ1v) is 6.57. The Labute approximate surface area is 126 Å². The quantitative estimate of drug-likeness (QED) is 0.773. The summed E-state index contributed by atoms with van der Waals surface area (Å²) in [6.07, 6.45) is 0.0514. The van der Waals surface area contributed by atoms with Gasteiger partial charge in [-0.05, 0) is 35.9 Å². The zero-order valence-corrected chi connectivity index (χ0v) is 12.1. The zero-order valence-electron chi connectivity index (χ0n) is 10.6. The number of rotatable bonds is 4. The molecule has 0 radical (unpaired) electrons. The molecule has 2 nitrogen and oxygen atoms in total. The monoisotopic (exact) mass is 312 g/mol. The SMILES string of the molecule is COc1ccc(Cl)cc1C(=O)Cc1ccc(F)cc1Cl. The minimum absolute atomic E-state index is 0.0514. The molecule has 0 N–H and O–H groups in total. The van der Waals surface area contributed by atoms with E-state index in [9.17, 15) is 9.18 Å². The van der Waals surface area contributed by atoms with Crippen LogP contribution in [0.15, 0.2) is 36.4 Å². The van der Waals surface area contributed by atoms with Crippen molar-refractivity contribution in [2.24, 2.45) is 0 Å². The van der Waals surface area contributed by atoms with E-state index in [-0.39, 0.29) is 17.2 Å². The van der Waals surface area contributed by atoms with Gasteiger partial charge in [0, 0.05) is 16.5 Å². The van der Waals surface area contributed by atoms with Crippen molar-refractivity contribution in [3.05, 3.63) is 63.4 Å². The van der Waals surface area contributed by atoms with E-state index in [0.29, 0.717) is 21.9 Å². The fourth-order valence-electron chi connectivity index (χ4n) is 1.83. The molecule has 2 aromatic rings. The summed E-state index contributed by atoms with van der Waals surface area (Å²) in [6.45, 7) is 0. The second-order valence-corrected chi connectivity index (χ2v) is 5.02. The maximum absolute atomic E-state index is 13.0. The molecule has 20 heavy (non-hydrogen) atoms. The van der Waals surface area contributed by atoms with Gasteiger partial charge in [-0.25, -0.2) is 4.39 Å². The Morgan fingerprint density at radius 2 is 1.95 bits per heavy atom. The molecule has 0 spiro atoms. The summed E-state index contributed by atoms with van der Waals surface area (Å²) in [5.41, 5.74) is 0.931. The van der Waals surface area contributed by atoms with Crippen molar-refractivity contribution in [1.29, 1.82) is 0 Å². The predicted octanol–water partition coefficient (Wildman–Crippen LogP) is 4.57. The fraction of sp³-hybridized carbons (Fsp3) is 0.133. The highest BCUT2D eigenvalue weighted by Crippen LogP contribution is 2.26. The van der Waals surface area contributed by atoms with E-state index in [1.165, 1.54) is 25.3 Å². The Bertz CT molecular complexity index is 656. The molecule has 0 heterocycles. The van der Waals surface area contributed by atoms with Crippen LogP contribution < -0.4 is 4.74 Å². The highest BCUT2D eigenvalue weighted by atomic mass is 35.5. The summed E-state index contributed by atoms with van der Waals surface area (Å²) in [6, 6.07) is 8.75. The van der Waals surface area contributed by atoms with Gasteiger partial charge in [0.05, 0.1) is 12.7 Å². The number of halogens is 3. The molecule has 0 fully saturated rings. The van der Waals surface area contributed by atoms with Gasteiger partial charge >= 0.3 is 0 Å². The van der Waals surface area contributed by atoms with Crippen LogP contribution in [-0.4, -0.2) is 12.9 Å². The van der Waals surface area contributed by atoms with Crippen LogP contribution in [0.1, 0.15) is 15.9 Å². The van der Waals surface area contributed by atoms with Gasteiger partial charge in [-0.3, -0.25) is 4.79 Å². The van der Waals surface area contributed by atoms with E-state index in [1.807, 2.05) is 0 Å². The van der Waals surface area contributed by atoms with Crippen molar-refractivity contribution in [3.8, 4) is 5.75 Å². The first kappa shape index (κ1) is 14.8. The third kappa shape index (κ3) is 3.30. The lowest BCUT2D eigenvalue weighted by Crippen LogP contribution is -2.06. The van der Waals surface area contributed by atoms with Gasteiger partial charge in [0.15, 0.2) is 5.78 Å². The van der Waals surface area contributed by atoms with E-state index >= 15 is 0 Å². The second kappa shape index (κ2) is 6.25. The Morgan fingerprint density at radius 3 is 2.60 bits per heavy atom. The second-order valence-electron chi connectivity index (χ2n) is 4.18. The Balaban J connectivity index is 2.30. The van der Waals surface area contributed by atoms with Crippen LogP contribution >= 0.6 is 23.2 Å². The minimum Gasteiger partial charge on any atom is -0.496 e. The molecule has 2 aromatic carbocycles. The largest absolute Gasteiger partial charge is 0.496 e. The van der Waals surface area contributed by atoms with Crippen molar-refractivity contribution in [2.45, 2.75) is 6.42 Å². The van der Waals surface area contributed by atoms with E-state index in [2.05, 4.69) is 0 Å². The van der Waals surface area contributed by atoms with E-state index in [4.69, 9.17) is 27.9 Å². The van der Waals surface area contributed by atoms with Gasteiger partial charge in [0.1, 0.15) is 11.6 Å². The molecule has 0 amide bonds. The number of carbonyl (C=O) groups is 1. The Kier molecular flexibility index (Phi) is 4.63. The standard InChI is InChI=1S/C15H11Cl2FO2/c1-20-15-5-3-10(16)7-12(15)14(19)6-9-2-4-11(18)8-13(9)17/h2-5,7-8H,6H2,1H3. The molecule has 0 atom stereocenters. The van der Waals surface area contributed by atoms with Gasteiger partial charge in [-0.15, -0.1) is 0 Å². The fourth-order valence-corrected chi connectivity index (χ4v) is 2.24. The molecule has 0 unspecified atom stereocenters. The highest BCUT2D eigenvalue weighted by Gasteiger charge is 2.15. The van der Waals surface area contributed by atoms with Crippen molar-refractivity contribution in [2.75, 3.05) is 7.11 Å². The summed E-state index contributed by atoms with van der Waals surface area (Å²) in [5, 5.41) is 0.665. The lowest BCUT2D eigenvalue weighted by molar-refractivity contribution is 0.0990. The third-order valence-corrected chi connectivity index (χ3v) is 3.41. The molecule has 5 heteroatoms. The summed E-state index contributed by atoms with van der Waals surface area (Å²) in [5.74, 6) is -0.193. The predicted molar refractivity (Wildman–Crippen MR) is 77.4 cm³/mol. The van der Waals surface area contributed by atoms with Crippen LogP contribution in [0.3, 0.4) is 0 Å². The number of hydrogen-bond acceptors (Lipinski definition) is 2. The molecule has 0 saturated heterocycles. The van der Waals surface area contributed by atoms with Crippen LogP contribution in [0.4, 0.5) is 4.39 Å². The Hall–Kier alpha value is -1.58. The van der Waals surface area contributed by atoms with Gasteiger partial charge in [-0.1, -0.05) is 29.3 Å². The highest BCUT2D eigenvalue weighted by molar-refractivity contribution is 6.32.